The van der Waals surface area contributed by atoms with Crippen molar-refractivity contribution >= 4 is 17.5 Å². The van der Waals surface area contributed by atoms with Crippen LogP contribution in [0.15, 0.2) is 67.0 Å². The first-order valence-corrected chi connectivity index (χ1v) is 7.98. The molecule has 0 saturated carbocycles. The summed E-state index contributed by atoms with van der Waals surface area (Å²) in [7, 11) is 0. The topological polar surface area (TPSA) is 87.1 Å². The van der Waals surface area contributed by atoms with Gasteiger partial charge in [0.25, 0.3) is 5.91 Å². The molecule has 7 heteroatoms. The molecule has 0 bridgehead atoms. The van der Waals surface area contributed by atoms with E-state index in [1.165, 1.54) is 30.6 Å². The van der Waals surface area contributed by atoms with Gasteiger partial charge in [-0.1, -0.05) is 36.4 Å². The summed E-state index contributed by atoms with van der Waals surface area (Å²) in [5, 5.41) is 15.6. The highest BCUT2D eigenvalue weighted by molar-refractivity contribution is 5.93. The second-order valence-electron chi connectivity index (χ2n) is 5.53. The molecule has 0 fully saturated rings. The molecule has 1 amide bonds. The zero-order chi connectivity index (χ0) is 18.4. The Morgan fingerprint density at radius 1 is 1.04 bits per heavy atom. The summed E-state index contributed by atoms with van der Waals surface area (Å²) in [6.45, 7) is -0.121. The maximum Gasteiger partial charge on any atom is 0.254 e. The van der Waals surface area contributed by atoms with Gasteiger partial charge < -0.3 is 15.7 Å². The number of aromatic nitrogens is 2. The Kier molecular flexibility index (Phi) is 5.50. The van der Waals surface area contributed by atoms with E-state index in [9.17, 15) is 14.3 Å². The van der Waals surface area contributed by atoms with Crippen LogP contribution in [0, 0.1) is 5.82 Å². The van der Waals surface area contributed by atoms with E-state index in [0.717, 1.165) is 5.69 Å². The van der Waals surface area contributed by atoms with E-state index < -0.39 is 17.8 Å². The highest BCUT2D eigenvalue weighted by Crippen LogP contribution is 2.16. The summed E-state index contributed by atoms with van der Waals surface area (Å²) < 4.78 is 13.6. The van der Waals surface area contributed by atoms with E-state index in [1.807, 2.05) is 30.3 Å². The van der Waals surface area contributed by atoms with Crippen LogP contribution in [0.4, 0.5) is 16.0 Å². The maximum absolute atomic E-state index is 13.6. The van der Waals surface area contributed by atoms with Crippen molar-refractivity contribution in [3.63, 3.8) is 0 Å². The van der Waals surface area contributed by atoms with Crippen molar-refractivity contribution in [2.45, 2.75) is 6.10 Å². The van der Waals surface area contributed by atoms with Gasteiger partial charge in [-0.15, -0.1) is 0 Å². The second kappa shape index (κ2) is 8.17. The van der Waals surface area contributed by atoms with Crippen molar-refractivity contribution in [3.8, 4) is 0 Å². The number of halogens is 1. The highest BCUT2D eigenvalue weighted by Gasteiger charge is 2.14. The van der Waals surface area contributed by atoms with E-state index in [1.54, 1.807) is 6.07 Å². The number of hydrogen-bond donors (Lipinski definition) is 3. The van der Waals surface area contributed by atoms with Gasteiger partial charge in [0.05, 0.1) is 11.7 Å². The third-order valence-electron chi connectivity index (χ3n) is 3.66. The molecule has 1 atom stereocenters. The summed E-state index contributed by atoms with van der Waals surface area (Å²) in [5.41, 5.74) is 1.20. The molecule has 0 aliphatic heterocycles. The molecule has 0 unspecified atom stereocenters. The van der Waals surface area contributed by atoms with Crippen LogP contribution in [0.3, 0.4) is 0 Å². The molecule has 26 heavy (non-hydrogen) atoms. The molecule has 0 aliphatic rings. The van der Waals surface area contributed by atoms with Gasteiger partial charge in [-0.05, 0) is 18.2 Å². The molecular weight excluding hydrogens is 335 g/mol. The monoisotopic (exact) mass is 352 g/mol. The predicted molar refractivity (Wildman–Crippen MR) is 95.4 cm³/mol. The number of nitrogens with one attached hydrogen (secondary N) is 2. The largest absolute Gasteiger partial charge is 0.386 e. The fraction of sp³-hybridized carbons (Fsp3) is 0.105. The Balaban J connectivity index is 1.57. The summed E-state index contributed by atoms with van der Waals surface area (Å²) in [6, 6.07) is 15.3. The van der Waals surface area contributed by atoms with Gasteiger partial charge in [-0.25, -0.2) is 14.4 Å². The van der Waals surface area contributed by atoms with Gasteiger partial charge in [0.15, 0.2) is 0 Å². The van der Waals surface area contributed by atoms with Crippen LogP contribution in [0.25, 0.3) is 0 Å². The van der Waals surface area contributed by atoms with Crippen molar-refractivity contribution in [2.24, 2.45) is 0 Å². The summed E-state index contributed by atoms with van der Waals surface area (Å²) in [6.07, 6.45) is 1.62. The molecule has 3 aromatic rings. The Bertz CT molecular complexity index is 872. The number of carbonyl (C=O) groups is 1. The van der Waals surface area contributed by atoms with Gasteiger partial charge in [-0.2, -0.15) is 0 Å². The van der Waals surface area contributed by atoms with Crippen molar-refractivity contribution in [1.29, 1.82) is 0 Å². The average Bonchev–Trinajstić information content (AvgIpc) is 2.67. The van der Waals surface area contributed by atoms with Crippen LogP contribution in [-0.4, -0.2) is 27.5 Å². The number of rotatable bonds is 6. The molecule has 1 heterocycles. The number of aliphatic hydroxyl groups excluding tert-OH is 1. The third kappa shape index (κ3) is 4.40. The second-order valence-corrected chi connectivity index (χ2v) is 5.53. The summed E-state index contributed by atoms with van der Waals surface area (Å²) >= 11 is 0. The lowest BCUT2D eigenvalue weighted by Gasteiger charge is -2.13. The Hall–Kier alpha value is -3.32. The lowest BCUT2D eigenvalue weighted by molar-refractivity contribution is 0.0913. The van der Waals surface area contributed by atoms with Crippen LogP contribution in [0.5, 0.6) is 0 Å². The minimum absolute atomic E-state index is 0.121. The van der Waals surface area contributed by atoms with Crippen LogP contribution in [-0.2, 0) is 0 Å². The molecule has 0 aliphatic carbocycles. The van der Waals surface area contributed by atoms with Crippen LogP contribution >= 0.6 is 0 Å². The van der Waals surface area contributed by atoms with Gasteiger partial charge in [0, 0.05) is 30.2 Å². The Morgan fingerprint density at radius 3 is 2.38 bits per heavy atom. The lowest BCUT2D eigenvalue weighted by Crippen LogP contribution is -2.29. The molecule has 2 aromatic carbocycles. The normalized spacial score (nSPS) is 11.6. The van der Waals surface area contributed by atoms with Gasteiger partial charge in [0.1, 0.15) is 5.82 Å². The predicted octanol–water partition coefficient (Wildman–Crippen LogP) is 2.82. The first-order chi connectivity index (χ1) is 12.6. The Morgan fingerprint density at radius 2 is 1.69 bits per heavy atom. The smallest absolute Gasteiger partial charge is 0.254 e. The molecule has 132 valence electrons. The standard InChI is InChI=1S/C19H17FN4O2/c20-16-9-5-4-8-15(16)17(25)12-21-18(26)13-10-22-19(23-11-13)24-14-6-2-1-3-7-14/h1-11,17,25H,12H2,(H,21,26)(H,22,23,24)/t17-/m0/s1. The number of para-hydroxylation sites is 1. The van der Waals surface area contributed by atoms with Crippen molar-refractivity contribution < 1.29 is 14.3 Å². The minimum Gasteiger partial charge on any atom is -0.386 e. The number of nitrogens with zero attached hydrogens (tertiary/aromatic N) is 2. The molecule has 3 rings (SSSR count). The fourth-order valence-corrected chi connectivity index (χ4v) is 2.31. The number of aliphatic hydroxyl groups is 1. The maximum atomic E-state index is 13.6. The fourth-order valence-electron chi connectivity index (χ4n) is 2.31. The van der Waals surface area contributed by atoms with E-state index in [0.29, 0.717) is 5.95 Å². The molecule has 3 N–H and O–H groups in total. The third-order valence-corrected chi connectivity index (χ3v) is 3.66. The first-order valence-electron chi connectivity index (χ1n) is 7.98. The van der Waals surface area contributed by atoms with Crippen molar-refractivity contribution in [2.75, 3.05) is 11.9 Å². The number of amides is 1. The number of hydrogen-bond acceptors (Lipinski definition) is 5. The van der Waals surface area contributed by atoms with E-state index in [4.69, 9.17) is 0 Å². The lowest BCUT2D eigenvalue weighted by atomic mass is 10.1. The molecular formula is C19H17FN4O2. The number of benzene rings is 2. The average molecular weight is 352 g/mol. The van der Waals surface area contributed by atoms with Crippen molar-refractivity contribution in [1.82, 2.24) is 15.3 Å². The van der Waals surface area contributed by atoms with Gasteiger partial charge in [-0.3, -0.25) is 4.79 Å². The zero-order valence-electron chi connectivity index (χ0n) is 13.8. The molecule has 6 nitrogen and oxygen atoms in total. The van der Waals surface area contributed by atoms with E-state index in [2.05, 4.69) is 20.6 Å². The molecule has 1 aromatic heterocycles. The van der Waals surface area contributed by atoms with E-state index in [-0.39, 0.29) is 17.7 Å². The van der Waals surface area contributed by atoms with E-state index >= 15 is 0 Å². The SMILES string of the molecule is O=C(NC[C@H](O)c1ccccc1F)c1cnc(Nc2ccccc2)nc1. The molecule has 0 spiro atoms. The summed E-state index contributed by atoms with van der Waals surface area (Å²) in [4.78, 5) is 20.3. The number of anilines is 2. The van der Waals surface area contributed by atoms with Crippen LogP contribution < -0.4 is 10.6 Å². The van der Waals surface area contributed by atoms with Crippen LogP contribution in [0.1, 0.15) is 22.0 Å². The van der Waals surface area contributed by atoms with Crippen LogP contribution in [0.2, 0.25) is 0 Å². The number of carbonyl (C=O) groups excluding carboxylic acids is 1. The first kappa shape index (κ1) is 17.5. The quantitative estimate of drug-likeness (QED) is 0.635. The van der Waals surface area contributed by atoms with Gasteiger partial charge >= 0.3 is 0 Å². The highest BCUT2D eigenvalue weighted by atomic mass is 19.1. The molecule has 0 saturated heterocycles. The molecule has 0 radical (unpaired) electrons. The summed E-state index contributed by atoms with van der Waals surface area (Å²) in [5.74, 6) is -0.611. The van der Waals surface area contributed by atoms with Crippen molar-refractivity contribution in [3.05, 3.63) is 83.9 Å². The zero-order valence-corrected chi connectivity index (χ0v) is 13.8. The Labute approximate surface area is 149 Å². The minimum atomic E-state index is -1.14. The van der Waals surface area contributed by atoms with Gasteiger partial charge in [0.2, 0.25) is 5.95 Å².